The normalized spacial score (nSPS) is 11.1. The van der Waals surface area contributed by atoms with E-state index in [1.807, 2.05) is 42.5 Å². The predicted octanol–water partition coefficient (Wildman–Crippen LogP) is 5.29. The molecule has 0 bridgehead atoms. The van der Waals surface area contributed by atoms with Gasteiger partial charge < -0.3 is 16.0 Å². The average molecular weight is 453 g/mol. The van der Waals surface area contributed by atoms with Crippen LogP contribution in [0.5, 0.6) is 0 Å². The van der Waals surface area contributed by atoms with Crippen LogP contribution in [0.25, 0.3) is 11.3 Å². The Kier molecular flexibility index (Phi) is 8.00. The van der Waals surface area contributed by atoms with Crippen LogP contribution < -0.4 is 16.0 Å². The van der Waals surface area contributed by atoms with Crippen LogP contribution in [0.15, 0.2) is 54.9 Å². The number of aromatic nitrogens is 3. The Hall–Kier alpha value is -3.19. The largest absolute Gasteiger partial charge is 0.369 e. The fraction of sp³-hybridized carbons (Fsp3) is 0.333. The molecule has 1 amide bonds. The minimum Gasteiger partial charge on any atom is -0.369 e. The predicted molar refractivity (Wildman–Crippen MR) is 130 cm³/mol. The molecule has 0 saturated heterocycles. The summed E-state index contributed by atoms with van der Waals surface area (Å²) < 4.78 is 0. The highest BCUT2D eigenvalue weighted by Gasteiger charge is 2.15. The average Bonchev–Trinajstić information content (AvgIpc) is 2.73. The van der Waals surface area contributed by atoms with Gasteiger partial charge in [-0.25, -0.2) is 15.0 Å². The second kappa shape index (κ2) is 10.9. The van der Waals surface area contributed by atoms with Gasteiger partial charge in [0, 0.05) is 48.2 Å². The van der Waals surface area contributed by atoms with Crippen molar-refractivity contribution in [3.8, 4) is 11.3 Å². The third-order valence-corrected chi connectivity index (χ3v) is 4.71. The summed E-state index contributed by atoms with van der Waals surface area (Å²) in [5.41, 5.74) is 2.43. The van der Waals surface area contributed by atoms with Gasteiger partial charge in [-0.3, -0.25) is 4.79 Å². The second-order valence-corrected chi connectivity index (χ2v) is 9.10. The first-order valence-corrected chi connectivity index (χ1v) is 11.0. The van der Waals surface area contributed by atoms with Gasteiger partial charge in [0.2, 0.25) is 11.9 Å². The fourth-order valence-electron chi connectivity index (χ4n) is 3.08. The van der Waals surface area contributed by atoms with Crippen molar-refractivity contribution in [3.05, 3.63) is 59.9 Å². The van der Waals surface area contributed by atoms with E-state index in [1.165, 1.54) is 0 Å². The number of halogens is 1. The van der Waals surface area contributed by atoms with Crippen LogP contribution in [0.1, 0.15) is 33.6 Å². The SMILES string of the molecule is CC(C)(C)CC(=O)NCCCNc1ncccc1-c1ccnc(Nc2cccc(Cl)c2)n1. The molecular formula is C24H29ClN6O. The van der Waals surface area contributed by atoms with Gasteiger partial charge in [-0.05, 0) is 48.2 Å². The van der Waals surface area contributed by atoms with Gasteiger partial charge >= 0.3 is 0 Å². The first-order chi connectivity index (χ1) is 15.3. The monoisotopic (exact) mass is 452 g/mol. The summed E-state index contributed by atoms with van der Waals surface area (Å²) in [6, 6.07) is 13.1. The van der Waals surface area contributed by atoms with Crippen LogP contribution in [-0.2, 0) is 4.79 Å². The Balaban J connectivity index is 1.60. The number of hydrogen-bond acceptors (Lipinski definition) is 6. The van der Waals surface area contributed by atoms with Crippen molar-refractivity contribution < 1.29 is 4.79 Å². The van der Waals surface area contributed by atoms with Crippen LogP contribution in [0.4, 0.5) is 17.5 Å². The maximum atomic E-state index is 11.9. The number of hydrogen-bond donors (Lipinski definition) is 3. The molecule has 2 aromatic heterocycles. The van der Waals surface area contributed by atoms with E-state index in [0.717, 1.165) is 29.2 Å². The smallest absolute Gasteiger partial charge is 0.227 e. The maximum absolute atomic E-state index is 11.9. The van der Waals surface area contributed by atoms with Gasteiger partial charge in [-0.2, -0.15) is 0 Å². The van der Waals surface area contributed by atoms with Crippen molar-refractivity contribution >= 4 is 35.0 Å². The number of benzene rings is 1. The molecule has 2 heterocycles. The van der Waals surface area contributed by atoms with Gasteiger partial charge in [0.05, 0.1) is 5.69 Å². The molecule has 3 N–H and O–H groups in total. The molecular weight excluding hydrogens is 424 g/mol. The first kappa shape index (κ1) is 23.5. The maximum Gasteiger partial charge on any atom is 0.227 e. The highest BCUT2D eigenvalue weighted by Crippen LogP contribution is 2.26. The van der Waals surface area contributed by atoms with E-state index in [1.54, 1.807) is 12.4 Å². The molecule has 1 aromatic carbocycles. The quantitative estimate of drug-likeness (QED) is 0.382. The lowest BCUT2D eigenvalue weighted by atomic mass is 9.92. The van der Waals surface area contributed by atoms with E-state index in [9.17, 15) is 4.79 Å². The topological polar surface area (TPSA) is 91.8 Å². The van der Waals surface area contributed by atoms with E-state index in [2.05, 4.69) is 51.7 Å². The molecule has 0 aliphatic carbocycles. The highest BCUT2D eigenvalue weighted by molar-refractivity contribution is 6.30. The van der Waals surface area contributed by atoms with E-state index < -0.39 is 0 Å². The lowest BCUT2D eigenvalue weighted by Crippen LogP contribution is -2.29. The van der Waals surface area contributed by atoms with Gasteiger partial charge in [-0.1, -0.05) is 38.4 Å². The lowest BCUT2D eigenvalue weighted by Gasteiger charge is -2.17. The van der Waals surface area contributed by atoms with Crippen LogP contribution >= 0.6 is 11.6 Å². The lowest BCUT2D eigenvalue weighted by molar-refractivity contribution is -0.122. The molecule has 0 atom stereocenters. The molecule has 168 valence electrons. The molecule has 8 heteroatoms. The summed E-state index contributed by atoms with van der Waals surface area (Å²) in [5, 5.41) is 10.1. The van der Waals surface area contributed by atoms with Crippen LogP contribution in [0.2, 0.25) is 5.02 Å². The Morgan fingerprint density at radius 3 is 2.66 bits per heavy atom. The Morgan fingerprint density at radius 2 is 1.88 bits per heavy atom. The third-order valence-electron chi connectivity index (χ3n) is 4.48. The summed E-state index contributed by atoms with van der Waals surface area (Å²) in [4.78, 5) is 25.3. The zero-order valence-corrected chi connectivity index (χ0v) is 19.4. The van der Waals surface area contributed by atoms with Crippen molar-refractivity contribution in [1.29, 1.82) is 0 Å². The zero-order chi connectivity index (χ0) is 23.0. The van der Waals surface area contributed by atoms with Gasteiger partial charge in [0.1, 0.15) is 5.82 Å². The number of carbonyl (C=O) groups is 1. The summed E-state index contributed by atoms with van der Waals surface area (Å²) >= 11 is 6.05. The van der Waals surface area contributed by atoms with Crippen molar-refractivity contribution in [2.45, 2.75) is 33.6 Å². The van der Waals surface area contributed by atoms with Crippen LogP contribution in [-0.4, -0.2) is 33.9 Å². The van der Waals surface area contributed by atoms with E-state index in [-0.39, 0.29) is 11.3 Å². The molecule has 7 nitrogen and oxygen atoms in total. The van der Waals surface area contributed by atoms with Gasteiger partial charge in [0.25, 0.3) is 0 Å². The van der Waals surface area contributed by atoms with E-state index in [4.69, 9.17) is 11.6 Å². The van der Waals surface area contributed by atoms with Crippen LogP contribution in [0.3, 0.4) is 0 Å². The fourth-order valence-corrected chi connectivity index (χ4v) is 3.27. The number of carbonyl (C=O) groups excluding carboxylic acids is 1. The summed E-state index contributed by atoms with van der Waals surface area (Å²) in [7, 11) is 0. The Bertz CT molecular complexity index is 1050. The molecule has 0 aliphatic rings. The molecule has 3 aromatic rings. The second-order valence-electron chi connectivity index (χ2n) is 8.67. The van der Waals surface area contributed by atoms with Crippen molar-refractivity contribution in [2.75, 3.05) is 23.7 Å². The molecule has 0 saturated carbocycles. The van der Waals surface area contributed by atoms with Gasteiger partial charge in [-0.15, -0.1) is 0 Å². The molecule has 0 radical (unpaired) electrons. The number of pyridine rings is 1. The van der Waals surface area contributed by atoms with Crippen molar-refractivity contribution in [1.82, 2.24) is 20.3 Å². The number of anilines is 3. The Labute approximate surface area is 194 Å². The number of nitrogens with zero attached hydrogens (tertiary/aromatic N) is 3. The molecule has 0 fully saturated rings. The summed E-state index contributed by atoms with van der Waals surface area (Å²) in [6.07, 6.45) is 4.75. The minimum absolute atomic E-state index is 0.0107. The van der Waals surface area contributed by atoms with Crippen LogP contribution in [0, 0.1) is 5.41 Å². The zero-order valence-electron chi connectivity index (χ0n) is 18.7. The standard InChI is InChI=1S/C24H29ClN6O/c1-24(2,3)16-21(32)26-12-6-13-28-22-19(9-5-11-27-22)20-10-14-29-23(31-20)30-18-8-4-7-17(25)15-18/h4-5,7-11,14-15H,6,12-13,16H2,1-3H3,(H,26,32)(H,27,28)(H,29,30,31). The molecule has 0 spiro atoms. The summed E-state index contributed by atoms with van der Waals surface area (Å²) in [5.74, 6) is 1.29. The molecule has 0 unspecified atom stereocenters. The first-order valence-electron chi connectivity index (χ1n) is 10.6. The number of rotatable bonds is 9. The summed E-state index contributed by atoms with van der Waals surface area (Å²) in [6.45, 7) is 7.46. The Morgan fingerprint density at radius 1 is 1.03 bits per heavy atom. The number of amides is 1. The van der Waals surface area contributed by atoms with Crippen molar-refractivity contribution in [3.63, 3.8) is 0 Å². The molecule has 0 aliphatic heterocycles. The van der Waals surface area contributed by atoms with E-state index >= 15 is 0 Å². The highest BCUT2D eigenvalue weighted by atomic mass is 35.5. The molecule has 3 rings (SSSR count). The van der Waals surface area contributed by atoms with E-state index in [0.29, 0.717) is 30.5 Å². The van der Waals surface area contributed by atoms with Crippen molar-refractivity contribution in [2.24, 2.45) is 5.41 Å². The molecule has 32 heavy (non-hydrogen) atoms. The van der Waals surface area contributed by atoms with Gasteiger partial charge in [0.15, 0.2) is 0 Å². The third kappa shape index (κ3) is 7.50. The minimum atomic E-state index is -0.0107. The number of nitrogens with one attached hydrogen (secondary N) is 3.